The van der Waals surface area contributed by atoms with Crippen molar-refractivity contribution in [3.63, 3.8) is 0 Å². The molecule has 1 atom stereocenters. The van der Waals surface area contributed by atoms with Gasteiger partial charge in [-0.15, -0.1) is 0 Å². The van der Waals surface area contributed by atoms with Crippen molar-refractivity contribution >= 4 is 33.5 Å². The van der Waals surface area contributed by atoms with E-state index in [1.54, 1.807) is 19.3 Å². The van der Waals surface area contributed by atoms with Gasteiger partial charge in [-0.1, -0.05) is 12.1 Å². The summed E-state index contributed by atoms with van der Waals surface area (Å²) in [5, 5.41) is 4.69. The smallest absolute Gasteiger partial charge is 0.219 e. The van der Waals surface area contributed by atoms with E-state index in [4.69, 9.17) is 4.74 Å². The van der Waals surface area contributed by atoms with Crippen LogP contribution in [-0.2, 0) is 16.6 Å². The fourth-order valence-corrected chi connectivity index (χ4v) is 4.19. The van der Waals surface area contributed by atoms with Gasteiger partial charge in [-0.25, -0.2) is 0 Å². The molecule has 2 aromatic carbocycles. The molecule has 7 nitrogen and oxygen atoms in total. The van der Waals surface area contributed by atoms with Gasteiger partial charge in [0.25, 0.3) is 0 Å². The van der Waals surface area contributed by atoms with Crippen molar-refractivity contribution in [2.45, 2.75) is 13.0 Å². The van der Waals surface area contributed by atoms with Crippen molar-refractivity contribution in [2.24, 2.45) is 7.05 Å². The van der Waals surface area contributed by atoms with E-state index in [0.29, 0.717) is 26.2 Å². The lowest BCUT2D eigenvalue weighted by molar-refractivity contribution is -0.135. The highest BCUT2D eigenvalue weighted by molar-refractivity contribution is 5.97. The highest BCUT2D eigenvalue weighted by Crippen LogP contribution is 2.32. The van der Waals surface area contributed by atoms with Crippen LogP contribution in [0.1, 0.15) is 6.92 Å². The summed E-state index contributed by atoms with van der Waals surface area (Å²) in [4.78, 5) is 22.7. The van der Waals surface area contributed by atoms with Gasteiger partial charge < -0.3 is 19.5 Å². The van der Waals surface area contributed by atoms with Crippen molar-refractivity contribution in [3.8, 4) is 11.1 Å². The van der Waals surface area contributed by atoms with Gasteiger partial charge in [0.05, 0.1) is 23.7 Å². The SMILES string of the molecule is CC(=O)N1CCOC(CNc2cc(-c3ccc4ccn(C)c4c3)c3nccnc3c2)C1. The minimum absolute atomic E-state index is 0.0432. The lowest BCUT2D eigenvalue weighted by Gasteiger charge is -2.32. The maximum atomic E-state index is 11.7. The number of nitrogens with zero attached hydrogens (tertiary/aromatic N) is 4. The van der Waals surface area contributed by atoms with Gasteiger partial charge in [0.15, 0.2) is 0 Å². The third kappa shape index (κ3) is 3.84. The van der Waals surface area contributed by atoms with Crippen LogP contribution in [0.5, 0.6) is 0 Å². The van der Waals surface area contributed by atoms with E-state index in [2.05, 4.69) is 63.4 Å². The van der Waals surface area contributed by atoms with Gasteiger partial charge in [0, 0.05) is 69.0 Å². The summed E-state index contributed by atoms with van der Waals surface area (Å²) in [6.07, 6.45) is 5.47. The topological polar surface area (TPSA) is 72.3 Å². The molecule has 7 heteroatoms. The Morgan fingerprint density at radius 2 is 2.06 bits per heavy atom. The zero-order chi connectivity index (χ0) is 21.4. The van der Waals surface area contributed by atoms with Crippen LogP contribution in [0, 0.1) is 0 Å². The van der Waals surface area contributed by atoms with Crippen molar-refractivity contribution in [1.29, 1.82) is 0 Å². The maximum Gasteiger partial charge on any atom is 0.219 e. The molecular formula is C24H25N5O2. The number of carbonyl (C=O) groups excluding carboxylic acids is 1. The molecule has 158 valence electrons. The number of fused-ring (bicyclic) bond motifs is 2. The molecule has 0 bridgehead atoms. The van der Waals surface area contributed by atoms with Crippen LogP contribution in [-0.4, -0.2) is 57.7 Å². The van der Waals surface area contributed by atoms with Crippen LogP contribution in [0.15, 0.2) is 55.0 Å². The molecule has 1 aliphatic heterocycles. The summed E-state index contributed by atoms with van der Waals surface area (Å²) in [5.41, 5.74) is 5.97. The van der Waals surface area contributed by atoms with E-state index in [1.165, 1.54) is 10.9 Å². The maximum absolute atomic E-state index is 11.7. The number of carbonyl (C=O) groups is 1. The summed E-state index contributed by atoms with van der Waals surface area (Å²) in [7, 11) is 2.05. The number of anilines is 1. The molecule has 0 spiro atoms. The lowest BCUT2D eigenvalue weighted by atomic mass is 10.0. The Bertz CT molecular complexity index is 1270. The average Bonchev–Trinajstić information content (AvgIpc) is 3.17. The quantitative estimate of drug-likeness (QED) is 0.553. The predicted octanol–water partition coefficient (Wildman–Crippen LogP) is 3.45. The number of morpholine rings is 1. The molecule has 1 N–H and O–H groups in total. The molecule has 1 saturated heterocycles. The van der Waals surface area contributed by atoms with E-state index in [0.717, 1.165) is 27.8 Å². The average molecular weight is 415 g/mol. The minimum Gasteiger partial charge on any atom is -0.382 e. The molecule has 5 rings (SSSR count). The first-order valence-corrected chi connectivity index (χ1v) is 10.5. The number of aromatic nitrogens is 3. The van der Waals surface area contributed by atoms with Gasteiger partial charge in [0.2, 0.25) is 5.91 Å². The predicted molar refractivity (Wildman–Crippen MR) is 122 cm³/mol. The van der Waals surface area contributed by atoms with Crippen molar-refractivity contribution in [3.05, 3.63) is 55.0 Å². The molecule has 1 fully saturated rings. The Kier molecular flexibility index (Phi) is 5.03. The fourth-order valence-electron chi connectivity index (χ4n) is 4.19. The molecule has 2 aromatic heterocycles. The number of ether oxygens (including phenoxy) is 1. The van der Waals surface area contributed by atoms with E-state index < -0.39 is 0 Å². The summed E-state index contributed by atoms with van der Waals surface area (Å²) >= 11 is 0. The fraction of sp³-hybridized carbons (Fsp3) is 0.292. The van der Waals surface area contributed by atoms with Gasteiger partial charge in [-0.3, -0.25) is 14.8 Å². The number of hydrogen-bond donors (Lipinski definition) is 1. The second-order valence-corrected chi connectivity index (χ2v) is 7.99. The third-order valence-electron chi connectivity index (χ3n) is 5.89. The van der Waals surface area contributed by atoms with Crippen LogP contribution >= 0.6 is 0 Å². The second-order valence-electron chi connectivity index (χ2n) is 7.99. The first kappa shape index (κ1) is 19.5. The number of hydrogen-bond acceptors (Lipinski definition) is 5. The molecule has 4 aromatic rings. The van der Waals surface area contributed by atoms with Crippen molar-refractivity contribution < 1.29 is 9.53 Å². The van der Waals surface area contributed by atoms with Crippen molar-refractivity contribution in [1.82, 2.24) is 19.4 Å². The Morgan fingerprint density at radius 1 is 1.19 bits per heavy atom. The van der Waals surface area contributed by atoms with Gasteiger partial charge in [-0.2, -0.15) is 0 Å². The van der Waals surface area contributed by atoms with E-state index in [1.807, 2.05) is 11.0 Å². The minimum atomic E-state index is -0.0432. The molecule has 31 heavy (non-hydrogen) atoms. The van der Waals surface area contributed by atoms with Crippen LogP contribution < -0.4 is 5.32 Å². The zero-order valence-electron chi connectivity index (χ0n) is 17.7. The largest absolute Gasteiger partial charge is 0.382 e. The summed E-state index contributed by atoms with van der Waals surface area (Å²) in [6.45, 7) is 4.05. The first-order valence-electron chi connectivity index (χ1n) is 10.5. The summed E-state index contributed by atoms with van der Waals surface area (Å²) in [6, 6.07) is 12.7. The van der Waals surface area contributed by atoms with Crippen LogP contribution in [0.25, 0.3) is 33.1 Å². The number of benzene rings is 2. The number of rotatable bonds is 4. The Hall–Kier alpha value is -3.45. The molecular weight excluding hydrogens is 390 g/mol. The summed E-state index contributed by atoms with van der Waals surface area (Å²) in [5.74, 6) is 0.0904. The summed E-state index contributed by atoms with van der Waals surface area (Å²) < 4.78 is 7.97. The number of nitrogens with one attached hydrogen (secondary N) is 1. The van der Waals surface area contributed by atoms with Gasteiger partial charge in [0.1, 0.15) is 0 Å². The standard InChI is InChI=1S/C24H25N5O2/c1-16(30)29-9-10-31-20(15-29)14-27-19-12-21(24-22(13-19)25-6-7-26-24)18-4-3-17-5-8-28(2)23(17)11-18/h3-8,11-13,20,27H,9-10,14-15H2,1-2H3. The molecule has 0 saturated carbocycles. The van der Waals surface area contributed by atoms with Crippen molar-refractivity contribution in [2.75, 3.05) is 31.6 Å². The first-order chi connectivity index (χ1) is 15.1. The van der Waals surface area contributed by atoms with E-state index in [-0.39, 0.29) is 12.0 Å². The van der Waals surface area contributed by atoms with Crippen LogP contribution in [0.2, 0.25) is 0 Å². The normalized spacial score (nSPS) is 16.7. The number of aryl methyl sites for hydroxylation is 1. The van der Waals surface area contributed by atoms with E-state index in [9.17, 15) is 4.79 Å². The van der Waals surface area contributed by atoms with Crippen LogP contribution in [0.4, 0.5) is 5.69 Å². The number of amides is 1. The lowest BCUT2D eigenvalue weighted by Crippen LogP contribution is -2.47. The Labute approximate surface area is 180 Å². The molecule has 1 unspecified atom stereocenters. The molecule has 3 heterocycles. The monoisotopic (exact) mass is 415 g/mol. The van der Waals surface area contributed by atoms with Gasteiger partial charge in [-0.05, 0) is 35.2 Å². The zero-order valence-corrected chi connectivity index (χ0v) is 17.7. The molecule has 1 aliphatic rings. The molecule has 0 radical (unpaired) electrons. The van der Waals surface area contributed by atoms with Gasteiger partial charge >= 0.3 is 0 Å². The molecule has 0 aliphatic carbocycles. The third-order valence-corrected chi connectivity index (χ3v) is 5.89. The highest BCUT2D eigenvalue weighted by atomic mass is 16.5. The van der Waals surface area contributed by atoms with E-state index >= 15 is 0 Å². The molecule has 1 amide bonds. The van der Waals surface area contributed by atoms with Crippen LogP contribution in [0.3, 0.4) is 0 Å². The Morgan fingerprint density at radius 3 is 2.94 bits per heavy atom. The second kappa shape index (κ2) is 8.00. The Balaban J connectivity index is 1.47. The highest BCUT2D eigenvalue weighted by Gasteiger charge is 2.22.